The molecule has 0 aliphatic heterocycles. The lowest BCUT2D eigenvalue weighted by Gasteiger charge is -2.03. The number of unbranched alkanes of at least 4 members (excludes halogenated alkanes) is 3. The van der Waals surface area contributed by atoms with Crippen molar-refractivity contribution in [1.82, 2.24) is 5.32 Å². The van der Waals surface area contributed by atoms with E-state index in [-0.39, 0.29) is 12.5 Å². The topological polar surface area (TPSA) is 49.3 Å². The van der Waals surface area contributed by atoms with Crippen LogP contribution in [0.5, 0.6) is 0 Å². The number of halogens is 1. The molecule has 0 unspecified atom stereocenters. The van der Waals surface area contributed by atoms with E-state index in [0.29, 0.717) is 16.4 Å². The normalized spacial score (nSPS) is 10.9. The summed E-state index contributed by atoms with van der Waals surface area (Å²) in [5, 5.41) is 13.1. The summed E-state index contributed by atoms with van der Waals surface area (Å²) in [6, 6.07) is 7.76. The quantitative estimate of drug-likeness (QED) is 0.763. The Morgan fingerprint density at radius 2 is 1.95 bits per heavy atom. The zero-order valence-corrected chi connectivity index (χ0v) is 12.8. The number of aliphatic hydroxyl groups is 1. The number of thiophene rings is 1. The highest BCUT2D eigenvalue weighted by molar-refractivity contribution is 7.21. The summed E-state index contributed by atoms with van der Waals surface area (Å²) in [6.45, 7) is 0.887. The van der Waals surface area contributed by atoms with E-state index < -0.39 is 0 Å². The van der Waals surface area contributed by atoms with Crippen LogP contribution in [-0.4, -0.2) is 24.2 Å². The lowest BCUT2D eigenvalue weighted by atomic mass is 10.2. The summed E-state index contributed by atoms with van der Waals surface area (Å²) in [7, 11) is 0. The monoisotopic (exact) mass is 311 g/mol. The number of benzene rings is 1. The first kappa shape index (κ1) is 15.3. The molecule has 3 nitrogen and oxygen atoms in total. The van der Waals surface area contributed by atoms with E-state index in [4.69, 9.17) is 16.7 Å². The standard InChI is InChI=1S/C15H18ClNO2S/c16-13-11-7-3-4-8-12(11)20-14(13)15(19)17-9-5-1-2-6-10-18/h3-4,7-8,18H,1-2,5-6,9-10H2,(H,17,19). The van der Waals surface area contributed by atoms with Gasteiger partial charge in [-0.1, -0.05) is 42.6 Å². The number of aliphatic hydroxyl groups excluding tert-OH is 1. The van der Waals surface area contributed by atoms with Crippen molar-refractivity contribution in [3.63, 3.8) is 0 Å². The molecule has 1 heterocycles. The minimum atomic E-state index is -0.0987. The number of fused-ring (bicyclic) bond motifs is 1. The molecule has 0 aliphatic rings. The van der Waals surface area contributed by atoms with Crippen molar-refractivity contribution in [3.05, 3.63) is 34.2 Å². The summed E-state index contributed by atoms with van der Waals surface area (Å²) in [6.07, 6.45) is 3.77. The first-order valence-corrected chi connectivity index (χ1v) is 7.99. The van der Waals surface area contributed by atoms with Gasteiger partial charge in [-0.05, 0) is 18.9 Å². The highest BCUT2D eigenvalue weighted by Gasteiger charge is 2.16. The molecule has 0 saturated carbocycles. The van der Waals surface area contributed by atoms with Crippen LogP contribution in [0.4, 0.5) is 0 Å². The Bertz CT molecular complexity index is 582. The molecular weight excluding hydrogens is 294 g/mol. The fraction of sp³-hybridized carbons (Fsp3) is 0.400. The molecule has 1 aromatic carbocycles. The molecule has 0 fully saturated rings. The predicted octanol–water partition coefficient (Wildman–Crippen LogP) is 3.84. The maximum atomic E-state index is 12.1. The molecule has 1 aromatic heterocycles. The van der Waals surface area contributed by atoms with Crippen molar-refractivity contribution < 1.29 is 9.90 Å². The van der Waals surface area contributed by atoms with Crippen LogP contribution in [0.25, 0.3) is 10.1 Å². The number of amides is 1. The van der Waals surface area contributed by atoms with Gasteiger partial charge in [-0.15, -0.1) is 11.3 Å². The lowest BCUT2D eigenvalue weighted by molar-refractivity contribution is 0.0957. The van der Waals surface area contributed by atoms with Crippen LogP contribution >= 0.6 is 22.9 Å². The number of carbonyl (C=O) groups is 1. The molecule has 20 heavy (non-hydrogen) atoms. The molecule has 5 heteroatoms. The zero-order valence-electron chi connectivity index (χ0n) is 11.2. The van der Waals surface area contributed by atoms with Gasteiger partial charge in [-0.2, -0.15) is 0 Å². The van der Waals surface area contributed by atoms with Crippen molar-refractivity contribution in [1.29, 1.82) is 0 Å². The Balaban J connectivity index is 1.89. The molecule has 0 atom stereocenters. The predicted molar refractivity (Wildman–Crippen MR) is 84.7 cm³/mol. The fourth-order valence-electron chi connectivity index (χ4n) is 2.03. The minimum absolute atomic E-state index is 0.0987. The molecule has 2 rings (SSSR count). The Kier molecular flexibility index (Phi) is 5.83. The van der Waals surface area contributed by atoms with Gasteiger partial charge in [0.2, 0.25) is 0 Å². The number of carbonyl (C=O) groups excluding carboxylic acids is 1. The van der Waals surface area contributed by atoms with Gasteiger partial charge in [0, 0.05) is 23.2 Å². The molecule has 108 valence electrons. The molecule has 0 radical (unpaired) electrons. The lowest BCUT2D eigenvalue weighted by Crippen LogP contribution is -2.23. The maximum Gasteiger partial charge on any atom is 0.262 e. The zero-order chi connectivity index (χ0) is 14.4. The summed E-state index contributed by atoms with van der Waals surface area (Å²) in [5.74, 6) is -0.0987. The summed E-state index contributed by atoms with van der Waals surface area (Å²) >= 11 is 7.68. The second kappa shape index (κ2) is 7.62. The van der Waals surface area contributed by atoms with Gasteiger partial charge in [0.15, 0.2) is 0 Å². The van der Waals surface area contributed by atoms with Crippen molar-refractivity contribution in [2.75, 3.05) is 13.2 Å². The molecule has 0 spiro atoms. The molecule has 0 bridgehead atoms. The van der Waals surface area contributed by atoms with Gasteiger partial charge in [-0.3, -0.25) is 4.79 Å². The molecule has 0 aliphatic carbocycles. The third kappa shape index (κ3) is 3.72. The van der Waals surface area contributed by atoms with Gasteiger partial charge >= 0.3 is 0 Å². The van der Waals surface area contributed by atoms with Gasteiger partial charge < -0.3 is 10.4 Å². The van der Waals surface area contributed by atoms with E-state index in [2.05, 4.69) is 5.32 Å². The number of hydrogen-bond donors (Lipinski definition) is 2. The van der Waals surface area contributed by atoms with E-state index in [1.807, 2.05) is 24.3 Å². The largest absolute Gasteiger partial charge is 0.396 e. The van der Waals surface area contributed by atoms with Gasteiger partial charge in [0.05, 0.1) is 5.02 Å². The van der Waals surface area contributed by atoms with E-state index >= 15 is 0 Å². The maximum absolute atomic E-state index is 12.1. The SMILES string of the molecule is O=C(NCCCCCCO)c1sc2ccccc2c1Cl. The summed E-state index contributed by atoms with van der Waals surface area (Å²) in [4.78, 5) is 12.7. The first-order valence-electron chi connectivity index (χ1n) is 6.80. The van der Waals surface area contributed by atoms with Gasteiger partial charge in [0.1, 0.15) is 4.88 Å². The average Bonchev–Trinajstić information content (AvgIpc) is 2.80. The van der Waals surface area contributed by atoms with E-state index in [1.165, 1.54) is 11.3 Å². The Labute approximate surface area is 127 Å². The number of rotatable bonds is 7. The van der Waals surface area contributed by atoms with Crippen LogP contribution < -0.4 is 5.32 Å². The van der Waals surface area contributed by atoms with Crippen molar-refractivity contribution >= 4 is 38.9 Å². The van der Waals surface area contributed by atoms with Crippen LogP contribution in [0.2, 0.25) is 5.02 Å². The van der Waals surface area contributed by atoms with Crippen molar-refractivity contribution in [3.8, 4) is 0 Å². The van der Waals surface area contributed by atoms with Crippen LogP contribution in [0.15, 0.2) is 24.3 Å². The van der Waals surface area contributed by atoms with Crippen molar-refractivity contribution in [2.45, 2.75) is 25.7 Å². The molecule has 1 amide bonds. The third-order valence-corrected chi connectivity index (χ3v) is 4.79. The molecule has 0 saturated heterocycles. The van der Waals surface area contributed by atoms with Gasteiger partial charge in [-0.25, -0.2) is 0 Å². The minimum Gasteiger partial charge on any atom is -0.396 e. The number of hydrogen-bond acceptors (Lipinski definition) is 3. The average molecular weight is 312 g/mol. The summed E-state index contributed by atoms with van der Waals surface area (Å²) in [5.41, 5.74) is 0. The third-order valence-electron chi connectivity index (χ3n) is 3.11. The first-order chi connectivity index (χ1) is 9.74. The Morgan fingerprint density at radius 1 is 1.20 bits per heavy atom. The van der Waals surface area contributed by atoms with Crippen LogP contribution in [0.3, 0.4) is 0 Å². The van der Waals surface area contributed by atoms with E-state index in [1.54, 1.807) is 0 Å². The Hall–Kier alpha value is -1.10. The van der Waals surface area contributed by atoms with E-state index in [9.17, 15) is 4.79 Å². The van der Waals surface area contributed by atoms with E-state index in [0.717, 1.165) is 35.8 Å². The van der Waals surface area contributed by atoms with Crippen LogP contribution in [-0.2, 0) is 0 Å². The second-order valence-corrected chi connectivity index (χ2v) is 6.07. The molecule has 2 aromatic rings. The van der Waals surface area contributed by atoms with Gasteiger partial charge in [0.25, 0.3) is 5.91 Å². The highest BCUT2D eigenvalue weighted by Crippen LogP contribution is 2.34. The summed E-state index contributed by atoms with van der Waals surface area (Å²) < 4.78 is 1.03. The van der Waals surface area contributed by atoms with Crippen LogP contribution in [0, 0.1) is 0 Å². The van der Waals surface area contributed by atoms with Crippen molar-refractivity contribution in [2.24, 2.45) is 0 Å². The second-order valence-electron chi connectivity index (χ2n) is 4.64. The molecular formula is C15H18ClNO2S. The smallest absolute Gasteiger partial charge is 0.262 e. The Morgan fingerprint density at radius 3 is 2.70 bits per heavy atom. The molecule has 2 N–H and O–H groups in total. The number of nitrogens with one attached hydrogen (secondary N) is 1. The fourth-order valence-corrected chi connectivity index (χ4v) is 3.47. The van der Waals surface area contributed by atoms with Crippen LogP contribution in [0.1, 0.15) is 35.4 Å². The highest BCUT2D eigenvalue weighted by atomic mass is 35.5.